The molecule has 0 saturated heterocycles. The van der Waals surface area contributed by atoms with Crippen molar-refractivity contribution >= 4 is 11.9 Å². The minimum atomic E-state index is -0.712. The normalized spacial score (nSPS) is 23.0. The molecule has 2 rings (SSSR count). The predicted molar refractivity (Wildman–Crippen MR) is 66.6 cm³/mol. The van der Waals surface area contributed by atoms with E-state index in [0.29, 0.717) is 5.92 Å². The Bertz CT molecular complexity index is 444. The van der Waals surface area contributed by atoms with Crippen molar-refractivity contribution in [3.05, 3.63) is 35.9 Å². The Kier molecular flexibility index (Phi) is 3.65. The Morgan fingerprint density at radius 1 is 1.33 bits per heavy atom. The summed E-state index contributed by atoms with van der Waals surface area (Å²) in [5.74, 6) is -0.0513. The number of amides is 1. The van der Waals surface area contributed by atoms with Crippen molar-refractivity contribution in [3.8, 4) is 0 Å². The molecule has 1 amide bonds. The zero-order valence-corrected chi connectivity index (χ0v) is 10.6. The van der Waals surface area contributed by atoms with Gasteiger partial charge in [-0.2, -0.15) is 0 Å². The Morgan fingerprint density at radius 2 is 1.94 bits per heavy atom. The van der Waals surface area contributed by atoms with E-state index in [-0.39, 0.29) is 11.8 Å². The maximum absolute atomic E-state index is 11.9. The summed E-state index contributed by atoms with van der Waals surface area (Å²) in [6.45, 7) is 2.03. The molecule has 1 aromatic carbocycles. The van der Waals surface area contributed by atoms with E-state index < -0.39 is 12.0 Å². The summed E-state index contributed by atoms with van der Waals surface area (Å²) in [4.78, 5) is 23.6. The molecule has 0 bridgehead atoms. The molecule has 0 spiro atoms. The van der Waals surface area contributed by atoms with Gasteiger partial charge in [0.15, 0.2) is 6.04 Å². The third-order valence-electron chi connectivity index (χ3n) is 3.30. The monoisotopic (exact) mass is 247 g/mol. The van der Waals surface area contributed by atoms with E-state index in [1.165, 1.54) is 7.11 Å². The first kappa shape index (κ1) is 12.6. The molecular weight excluding hydrogens is 230 g/mol. The summed E-state index contributed by atoms with van der Waals surface area (Å²) < 4.78 is 4.74. The molecule has 1 fully saturated rings. The van der Waals surface area contributed by atoms with E-state index in [1.54, 1.807) is 12.1 Å². The highest BCUT2D eigenvalue weighted by atomic mass is 16.5. The van der Waals surface area contributed by atoms with Crippen molar-refractivity contribution < 1.29 is 14.3 Å². The van der Waals surface area contributed by atoms with Gasteiger partial charge < -0.3 is 10.1 Å². The molecule has 96 valence electrons. The van der Waals surface area contributed by atoms with Crippen molar-refractivity contribution in [1.29, 1.82) is 0 Å². The van der Waals surface area contributed by atoms with E-state index in [1.807, 2.05) is 25.1 Å². The van der Waals surface area contributed by atoms with E-state index in [4.69, 9.17) is 4.74 Å². The second kappa shape index (κ2) is 5.21. The number of rotatable bonds is 4. The summed E-state index contributed by atoms with van der Waals surface area (Å²) >= 11 is 0. The average molecular weight is 247 g/mol. The Hall–Kier alpha value is -1.84. The molecule has 1 aromatic rings. The fourth-order valence-corrected chi connectivity index (χ4v) is 1.98. The van der Waals surface area contributed by atoms with Crippen LogP contribution in [0.1, 0.15) is 24.9 Å². The summed E-state index contributed by atoms with van der Waals surface area (Å²) in [5.41, 5.74) is 0.742. The summed E-state index contributed by atoms with van der Waals surface area (Å²) in [6.07, 6.45) is 0.897. The van der Waals surface area contributed by atoms with Crippen LogP contribution in [0.15, 0.2) is 30.3 Å². The summed E-state index contributed by atoms with van der Waals surface area (Å²) in [5, 5.41) is 2.76. The first-order chi connectivity index (χ1) is 8.63. The maximum Gasteiger partial charge on any atom is 0.333 e. The zero-order chi connectivity index (χ0) is 13.1. The minimum Gasteiger partial charge on any atom is -0.467 e. The number of ether oxygens (including phenoxy) is 1. The van der Waals surface area contributed by atoms with E-state index in [0.717, 1.165) is 12.0 Å². The maximum atomic E-state index is 11.9. The van der Waals surface area contributed by atoms with Crippen LogP contribution in [-0.4, -0.2) is 19.0 Å². The molecule has 1 N–H and O–H groups in total. The van der Waals surface area contributed by atoms with Gasteiger partial charge in [0.2, 0.25) is 5.91 Å². The van der Waals surface area contributed by atoms with Crippen LogP contribution in [0.25, 0.3) is 0 Å². The van der Waals surface area contributed by atoms with Gasteiger partial charge in [-0.25, -0.2) is 4.79 Å². The highest BCUT2D eigenvalue weighted by Crippen LogP contribution is 2.38. The van der Waals surface area contributed by atoms with Crippen molar-refractivity contribution in [2.24, 2.45) is 11.8 Å². The first-order valence-electron chi connectivity index (χ1n) is 6.06. The van der Waals surface area contributed by atoms with Crippen LogP contribution < -0.4 is 5.32 Å². The molecule has 3 atom stereocenters. The molecule has 0 aliphatic heterocycles. The number of carbonyl (C=O) groups excluding carboxylic acids is 2. The molecule has 1 aliphatic rings. The lowest BCUT2D eigenvalue weighted by Crippen LogP contribution is -2.35. The smallest absolute Gasteiger partial charge is 0.333 e. The van der Waals surface area contributed by atoms with Gasteiger partial charge in [0, 0.05) is 5.92 Å². The fourth-order valence-electron chi connectivity index (χ4n) is 1.98. The Balaban J connectivity index is 2.11. The number of esters is 1. The number of hydrogen-bond acceptors (Lipinski definition) is 3. The summed E-state index contributed by atoms with van der Waals surface area (Å²) in [6, 6.07) is 8.42. The van der Waals surface area contributed by atoms with Gasteiger partial charge in [-0.3, -0.25) is 4.79 Å². The van der Waals surface area contributed by atoms with Gasteiger partial charge in [0.25, 0.3) is 0 Å². The van der Waals surface area contributed by atoms with Crippen LogP contribution in [0.3, 0.4) is 0 Å². The Morgan fingerprint density at radius 3 is 2.44 bits per heavy atom. The number of nitrogens with one attached hydrogen (secondary N) is 1. The third-order valence-corrected chi connectivity index (χ3v) is 3.30. The van der Waals surface area contributed by atoms with Crippen LogP contribution in [0.2, 0.25) is 0 Å². The molecule has 0 radical (unpaired) electrons. The molecule has 4 heteroatoms. The average Bonchev–Trinajstić information content (AvgIpc) is 3.13. The van der Waals surface area contributed by atoms with Crippen molar-refractivity contribution in [2.75, 3.05) is 7.11 Å². The lowest BCUT2D eigenvalue weighted by molar-refractivity contribution is -0.145. The van der Waals surface area contributed by atoms with E-state index in [2.05, 4.69) is 5.32 Å². The highest BCUT2D eigenvalue weighted by molar-refractivity contribution is 5.88. The van der Waals surface area contributed by atoms with Gasteiger partial charge in [-0.05, 0) is 17.9 Å². The highest BCUT2D eigenvalue weighted by Gasteiger charge is 2.40. The third kappa shape index (κ3) is 2.70. The topological polar surface area (TPSA) is 55.4 Å². The second-order valence-corrected chi connectivity index (χ2v) is 4.69. The number of hydrogen-bond donors (Lipinski definition) is 1. The zero-order valence-electron chi connectivity index (χ0n) is 10.6. The van der Waals surface area contributed by atoms with Gasteiger partial charge in [0.1, 0.15) is 0 Å². The second-order valence-electron chi connectivity index (χ2n) is 4.69. The predicted octanol–water partition coefficient (Wildman–Crippen LogP) is 1.67. The van der Waals surface area contributed by atoms with Crippen LogP contribution in [0, 0.1) is 11.8 Å². The lowest BCUT2D eigenvalue weighted by Gasteiger charge is -2.16. The van der Waals surface area contributed by atoms with Crippen LogP contribution in [0.4, 0.5) is 0 Å². The van der Waals surface area contributed by atoms with Crippen LogP contribution in [-0.2, 0) is 14.3 Å². The lowest BCUT2D eigenvalue weighted by atomic mass is 10.1. The largest absolute Gasteiger partial charge is 0.467 e. The fraction of sp³-hybridized carbons (Fsp3) is 0.429. The Labute approximate surface area is 106 Å². The molecule has 0 aromatic heterocycles. The number of carbonyl (C=O) groups is 2. The van der Waals surface area contributed by atoms with Crippen LogP contribution >= 0.6 is 0 Å². The first-order valence-corrected chi connectivity index (χ1v) is 6.06. The molecule has 18 heavy (non-hydrogen) atoms. The standard InChI is InChI=1S/C14H17NO3/c1-9-8-11(9)13(16)15-12(14(17)18-2)10-6-4-3-5-7-10/h3-7,9,11-12H,8H2,1-2H3,(H,15,16). The molecule has 4 nitrogen and oxygen atoms in total. The SMILES string of the molecule is COC(=O)C(NC(=O)C1CC1C)c1ccccc1. The molecule has 1 saturated carbocycles. The number of benzene rings is 1. The molecule has 1 aliphatic carbocycles. The van der Waals surface area contributed by atoms with Gasteiger partial charge >= 0.3 is 5.97 Å². The van der Waals surface area contributed by atoms with Crippen LogP contribution in [0.5, 0.6) is 0 Å². The molecule has 0 heterocycles. The van der Waals surface area contributed by atoms with Gasteiger partial charge in [-0.1, -0.05) is 37.3 Å². The summed E-state index contributed by atoms with van der Waals surface area (Å²) in [7, 11) is 1.32. The molecule has 3 unspecified atom stereocenters. The minimum absolute atomic E-state index is 0.0425. The number of methoxy groups -OCH3 is 1. The van der Waals surface area contributed by atoms with Crippen molar-refractivity contribution in [2.45, 2.75) is 19.4 Å². The van der Waals surface area contributed by atoms with Gasteiger partial charge in [-0.15, -0.1) is 0 Å². The molecular formula is C14H17NO3. The van der Waals surface area contributed by atoms with Gasteiger partial charge in [0.05, 0.1) is 7.11 Å². The van der Waals surface area contributed by atoms with E-state index in [9.17, 15) is 9.59 Å². The van der Waals surface area contributed by atoms with Crippen molar-refractivity contribution in [3.63, 3.8) is 0 Å². The van der Waals surface area contributed by atoms with E-state index >= 15 is 0 Å². The quantitative estimate of drug-likeness (QED) is 0.823. The van der Waals surface area contributed by atoms with Crippen molar-refractivity contribution in [1.82, 2.24) is 5.32 Å².